The van der Waals surface area contributed by atoms with Gasteiger partial charge in [0, 0.05) is 81.6 Å². The predicted octanol–water partition coefficient (Wildman–Crippen LogP) is 10.9. The number of piperidine rings is 1. The number of hydrogen-bond acceptors (Lipinski definition) is 18. The number of anilines is 2. The lowest BCUT2D eigenvalue weighted by atomic mass is 9.79. The van der Waals surface area contributed by atoms with Crippen LogP contribution >= 0.6 is 11.3 Å². The first-order valence-corrected chi connectivity index (χ1v) is 33.2. The van der Waals surface area contributed by atoms with Gasteiger partial charge in [-0.25, -0.2) is 9.78 Å². The first kappa shape index (κ1) is 61.4. The zero-order chi connectivity index (χ0) is 62.9. The van der Waals surface area contributed by atoms with Gasteiger partial charge in [0.15, 0.2) is 18.4 Å². The highest BCUT2D eigenvalue weighted by atomic mass is 32.1. The minimum Gasteiger partial charge on any atom is -0.468 e. The smallest absolute Gasteiger partial charge is 0.410 e. The van der Waals surface area contributed by atoms with E-state index >= 15 is 0 Å². The SMILES string of the molecule is COCOc1cc2c3c(cccc3c1)C(C)c1c-2ncc2c(N3CC4CCC(C3)N4C(=O)OC(C)(C)C)nc(OC[C@H](C)N3CCC(CC4CN(c5cc(C(C(=O)N6C[C@H](O)C[C@H]6C(=O)N[C@@H](C)c6ccc(-c7scnc7C)cc6)C(C)C)on5)C4)CC3)nc12. The Kier molecular flexibility index (Phi) is 17.0. The van der Waals surface area contributed by atoms with E-state index in [4.69, 9.17) is 38.4 Å². The zero-order valence-corrected chi connectivity index (χ0v) is 54.3. The Morgan fingerprint density at radius 3 is 2.33 bits per heavy atom. The van der Waals surface area contributed by atoms with Gasteiger partial charge in [-0.3, -0.25) is 24.4 Å². The number of β-amino-alcohol motifs (C(OH)–C–C–N with tert-alkyl or cyclic N) is 1. The third kappa shape index (κ3) is 12.1. The van der Waals surface area contributed by atoms with Crippen LogP contribution in [0.3, 0.4) is 0 Å². The van der Waals surface area contributed by atoms with Crippen LogP contribution in [0.2, 0.25) is 0 Å². The standard InChI is InChI=1S/C69H85N11O9S/c1-38(2)58(66(83)79-34-50(81)26-55(79)65(82)72-41(5)45-14-16-46(17-15-45)63-42(6)71-36-90-63)56-28-57(75-89-56)77-30-44(31-77)24-43-20-22-76(23-21-43)39(3)35-86-67-73-62-54(64(74-67)78-32-48-18-19-49(33-78)80(48)68(84)88-69(7,8)9)29-70-61-53-27-51(87-37-85-10)25-47-12-11-13-52(60(47)53)40(4)59(61)62/h11-17,25,27-29,36,38-41,43-44,48-50,55,58,81H,18-24,26,30-35,37H2,1-10H3,(H,72,82)/t39-,40?,41-,48?,49?,50+,55-,58?/m0/s1. The molecule has 5 aliphatic heterocycles. The normalized spacial score (nSPS) is 22.2. The molecule has 6 aliphatic rings. The Morgan fingerprint density at radius 1 is 0.878 bits per heavy atom. The minimum absolute atomic E-state index is 0.0250. The van der Waals surface area contributed by atoms with Crippen LogP contribution in [0.5, 0.6) is 11.8 Å². The van der Waals surface area contributed by atoms with Gasteiger partial charge in [-0.05, 0) is 144 Å². The topological polar surface area (TPSA) is 214 Å². The van der Waals surface area contributed by atoms with E-state index in [0.717, 1.165) is 130 Å². The average Bonchev–Trinajstić information content (AvgIpc) is 1.41. The number of aromatic nitrogens is 5. The number of aryl methyl sites for hydroxylation is 1. The molecule has 0 saturated carbocycles. The zero-order valence-electron chi connectivity index (χ0n) is 53.5. The number of fused-ring (bicyclic) bond motifs is 6. The number of pyridine rings is 1. The lowest BCUT2D eigenvalue weighted by Crippen LogP contribution is -2.57. The fraction of sp³-hybridized carbons (Fsp3) is 0.536. The number of rotatable bonds is 18. The van der Waals surface area contributed by atoms with Crippen LogP contribution in [0.4, 0.5) is 16.4 Å². The molecule has 21 heteroatoms. The van der Waals surface area contributed by atoms with Crippen LogP contribution in [-0.4, -0.2) is 165 Å². The quantitative estimate of drug-likeness (QED) is 0.0764. The van der Waals surface area contributed by atoms with Crippen molar-refractivity contribution in [1.29, 1.82) is 0 Å². The molecule has 4 aromatic heterocycles. The molecule has 3 aromatic carbocycles. The monoisotopic (exact) mass is 1240 g/mol. The molecular weight excluding hydrogens is 1160 g/mol. The first-order chi connectivity index (χ1) is 43.3. The van der Waals surface area contributed by atoms with Crippen molar-refractivity contribution in [2.24, 2.45) is 17.8 Å². The van der Waals surface area contributed by atoms with Crippen molar-refractivity contribution in [3.63, 3.8) is 0 Å². The molecule has 0 spiro atoms. The van der Waals surface area contributed by atoms with E-state index < -0.39 is 23.7 Å². The number of piperazine rings is 1. The largest absolute Gasteiger partial charge is 0.468 e. The summed E-state index contributed by atoms with van der Waals surface area (Å²) in [5.74, 6) is 2.37. The predicted molar refractivity (Wildman–Crippen MR) is 346 cm³/mol. The van der Waals surface area contributed by atoms with E-state index in [2.05, 4.69) is 74.3 Å². The lowest BCUT2D eigenvalue weighted by molar-refractivity contribution is -0.141. The summed E-state index contributed by atoms with van der Waals surface area (Å²) in [6.45, 7) is 23.6. The summed E-state index contributed by atoms with van der Waals surface area (Å²) in [7, 11) is 1.62. The third-order valence-corrected chi connectivity index (χ3v) is 20.7. The van der Waals surface area contributed by atoms with Crippen LogP contribution in [0.1, 0.15) is 140 Å². The van der Waals surface area contributed by atoms with Crippen molar-refractivity contribution in [2.75, 3.05) is 76.1 Å². The number of ether oxygens (including phenoxy) is 4. The Morgan fingerprint density at radius 2 is 1.63 bits per heavy atom. The molecule has 5 saturated heterocycles. The minimum atomic E-state index is -0.818. The summed E-state index contributed by atoms with van der Waals surface area (Å²) < 4.78 is 30.0. The van der Waals surface area contributed by atoms with Crippen LogP contribution in [-0.2, 0) is 19.1 Å². The summed E-state index contributed by atoms with van der Waals surface area (Å²) in [5, 5.41) is 21.5. The molecule has 2 N–H and O–H groups in total. The fourth-order valence-electron chi connectivity index (χ4n) is 15.0. The number of methoxy groups -OCH3 is 1. The number of nitrogens with one attached hydrogen (secondary N) is 1. The molecule has 8 atom stereocenters. The van der Waals surface area contributed by atoms with Crippen molar-refractivity contribution < 1.29 is 43.0 Å². The Labute approximate surface area is 530 Å². The number of aliphatic hydroxyl groups excluding tert-OH is 1. The third-order valence-electron chi connectivity index (χ3n) is 19.7. The molecule has 4 unspecified atom stereocenters. The van der Waals surface area contributed by atoms with Gasteiger partial charge in [0.1, 0.15) is 35.7 Å². The van der Waals surface area contributed by atoms with Crippen molar-refractivity contribution in [3.8, 4) is 33.5 Å². The van der Waals surface area contributed by atoms with Crippen LogP contribution in [0.15, 0.2) is 76.9 Å². The van der Waals surface area contributed by atoms with Gasteiger partial charge < -0.3 is 48.6 Å². The van der Waals surface area contributed by atoms with E-state index in [-0.39, 0.29) is 73.7 Å². The van der Waals surface area contributed by atoms with Crippen molar-refractivity contribution in [3.05, 3.63) is 101 Å². The second-order valence-electron chi connectivity index (χ2n) is 27.4. The molecular formula is C69H85N11O9S. The number of benzene rings is 3. The molecule has 90 heavy (non-hydrogen) atoms. The maximum Gasteiger partial charge on any atom is 0.410 e. The summed E-state index contributed by atoms with van der Waals surface area (Å²) in [4.78, 5) is 73.9. The molecule has 3 amide bonds. The van der Waals surface area contributed by atoms with E-state index in [1.165, 1.54) is 10.5 Å². The van der Waals surface area contributed by atoms with Gasteiger partial charge in [-0.1, -0.05) is 68.4 Å². The van der Waals surface area contributed by atoms with Gasteiger partial charge in [-0.15, -0.1) is 11.3 Å². The molecule has 5 fully saturated rings. The average molecular weight is 1240 g/mol. The molecule has 9 heterocycles. The van der Waals surface area contributed by atoms with Crippen molar-refractivity contribution in [2.45, 2.75) is 155 Å². The van der Waals surface area contributed by atoms with E-state index in [9.17, 15) is 19.5 Å². The molecule has 476 valence electrons. The number of carbonyl (C=O) groups excluding carboxylic acids is 3. The van der Waals surface area contributed by atoms with Gasteiger partial charge in [0.05, 0.1) is 56.9 Å². The first-order valence-electron chi connectivity index (χ1n) is 32.3. The van der Waals surface area contributed by atoms with Gasteiger partial charge in [-0.2, -0.15) is 9.97 Å². The second-order valence-corrected chi connectivity index (χ2v) is 28.3. The highest BCUT2D eigenvalue weighted by Gasteiger charge is 2.47. The Hall–Kier alpha value is -7.46. The number of hydrogen-bond donors (Lipinski definition) is 2. The highest BCUT2D eigenvalue weighted by molar-refractivity contribution is 7.13. The maximum atomic E-state index is 14.5. The number of likely N-dealkylation sites (tertiary alicyclic amines) is 2. The number of aliphatic hydroxyl groups is 1. The molecule has 2 bridgehead atoms. The van der Waals surface area contributed by atoms with Gasteiger partial charge in [0.2, 0.25) is 11.8 Å². The van der Waals surface area contributed by atoms with Crippen molar-refractivity contribution >= 4 is 62.6 Å². The number of nitrogens with zero attached hydrogens (tertiary/aromatic N) is 10. The van der Waals surface area contributed by atoms with Gasteiger partial charge >= 0.3 is 12.1 Å². The summed E-state index contributed by atoms with van der Waals surface area (Å²) in [6.07, 6.45) is 6.09. The molecule has 0 radical (unpaired) electrons. The van der Waals surface area contributed by atoms with Gasteiger partial charge in [0.25, 0.3) is 0 Å². The van der Waals surface area contributed by atoms with E-state index in [1.54, 1.807) is 18.4 Å². The number of amides is 3. The van der Waals surface area contributed by atoms with E-state index in [1.807, 2.05) is 95.4 Å². The second kappa shape index (κ2) is 25.0. The summed E-state index contributed by atoms with van der Waals surface area (Å²) in [6, 6.07) is 19.8. The molecule has 1 aliphatic carbocycles. The number of thiazole rings is 1. The number of carbonyl (C=O) groups is 3. The van der Waals surface area contributed by atoms with Crippen LogP contribution in [0, 0.1) is 24.7 Å². The fourth-order valence-corrected chi connectivity index (χ4v) is 15.8. The lowest BCUT2D eigenvalue weighted by Gasteiger charge is -2.43. The highest BCUT2D eigenvalue weighted by Crippen LogP contribution is 2.49. The summed E-state index contributed by atoms with van der Waals surface area (Å²) >= 11 is 1.60. The molecule has 13 rings (SSSR count). The Bertz CT molecular complexity index is 3780. The maximum absolute atomic E-state index is 14.5. The van der Waals surface area contributed by atoms with Crippen LogP contribution < -0.4 is 24.6 Å². The molecule has 7 aromatic rings. The van der Waals surface area contributed by atoms with Crippen LogP contribution in [0.25, 0.3) is 43.4 Å². The van der Waals surface area contributed by atoms with Crippen molar-refractivity contribution in [1.82, 2.24) is 45.1 Å². The Balaban J connectivity index is 0.640. The van der Waals surface area contributed by atoms with E-state index in [0.29, 0.717) is 49.1 Å². The summed E-state index contributed by atoms with van der Waals surface area (Å²) in [5.41, 5.74) is 9.12. The molecule has 20 nitrogen and oxygen atoms in total.